The lowest BCUT2D eigenvalue weighted by atomic mass is 9.90. The fourth-order valence-electron chi connectivity index (χ4n) is 3.68. The zero-order valence-electron chi connectivity index (χ0n) is 16.4. The number of fused-ring (bicyclic) bond motifs is 1. The molecule has 3 heterocycles. The van der Waals surface area contributed by atoms with Crippen molar-refractivity contribution in [2.45, 2.75) is 12.5 Å². The normalized spacial score (nSPS) is 15.7. The summed E-state index contributed by atoms with van der Waals surface area (Å²) < 4.78 is 12.1. The van der Waals surface area contributed by atoms with Crippen molar-refractivity contribution in [2.75, 3.05) is 20.8 Å². The van der Waals surface area contributed by atoms with E-state index in [-0.39, 0.29) is 23.2 Å². The average Bonchev–Trinajstić information content (AvgIpc) is 3.27. The van der Waals surface area contributed by atoms with Gasteiger partial charge in [0.25, 0.3) is 11.5 Å². The van der Waals surface area contributed by atoms with Gasteiger partial charge in [0.2, 0.25) is 0 Å². The minimum absolute atomic E-state index is 0.209. The van der Waals surface area contributed by atoms with E-state index in [4.69, 9.17) is 9.47 Å². The third-order valence-electron chi connectivity index (χ3n) is 5.13. The van der Waals surface area contributed by atoms with Gasteiger partial charge in [-0.2, -0.15) is 5.10 Å². The molecule has 4 rings (SSSR count). The second-order valence-electron chi connectivity index (χ2n) is 6.75. The van der Waals surface area contributed by atoms with Gasteiger partial charge in [0, 0.05) is 24.5 Å². The van der Waals surface area contributed by atoms with Crippen molar-refractivity contribution in [3.63, 3.8) is 0 Å². The summed E-state index contributed by atoms with van der Waals surface area (Å²) in [4.78, 5) is 27.9. The maximum atomic E-state index is 13.4. The van der Waals surface area contributed by atoms with Crippen molar-refractivity contribution in [1.29, 1.82) is 0 Å². The molecule has 1 aliphatic heterocycles. The number of methoxy groups -OCH3 is 2. The Balaban J connectivity index is 1.82. The first-order chi connectivity index (χ1) is 14.0. The smallest absolute Gasteiger partial charge is 0.275 e. The van der Waals surface area contributed by atoms with Gasteiger partial charge < -0.3 is 14.4 Å². The standard InChI is InChI=1S/C21H21N3O4S/c1-23-19(25)7-6-15(22-23)21(26)24-9-8-13-11-16(27-2)17(28-3)12-14(13)20(24)18-5-4-10-29-18/h4-7,10-12,20H,8-9H2,1-3H3. The van der Waals surface area contributed by atoms with Crippen molar-refractivity contribution in [1.82, 2.24) is 14.7 Å². The molecular formula is C21H21N3O4S. The minimum Gasteiger partial charge on any atom is -0.493 e. The van der Waals surface area contributed by atoms with E-state index >= 15 is 0 Å². The number of amides is 1. The topological polar surface area (TPSA) is 73.7 Å². The number of hydrogen-bond acceptors (Lipinski definition) is 6. The molecule has 150 valence electrons. The monoisotopic (exact) mass is 411 g/mol. The predicted octanol–water partition coefficient (Wildman–Crippen LogP) is 2.65. The zero-order valence-corrected chi connectivity index (χ0v) is 17.2. The van der Waals surface area contributed by atoms with Gasteiger partial charge in [-0.3, -0.25) is 9.59 Å². The summed E-state index contributed by atoms with van der Waals surface area (Å²) in [5.74, 6) is 1.09. The quantitative estimate of drug-likeness (QED) is 0.660. The van der Waals surface area contributed by atoms with Gasteiger partial charge >= 0.3 is 0 Å². The molecule has 0 spiro atoms. The Morgan fingerprint density at radius 2 is 1.93 bits per heavy atom. The summed E-state index contributed by atoms with van der Waals surface area (Å²) in [6.07, 6.45) is 0.690. The molecule has 0 N–H and O–H groups in total. The molecule has 1 aliphatic rings. The van der Waals surface area contributed by atoms with Crippen LogP contribution >= 0.6 is 11.3 Å². The molecule has 1 atom stereocenters. The van der Waals surface area contributed by atoms with Gasteiger partial charge in [0.15, 0.2) is 11.5 Å². The Hall–Kier alpha value is -3.13. The van der Waals surface area contributed by atoms with Crippen LogP contribution in [0.1, 0.15) is 32.5 Å². The van der Waals surface area contributed by atoms with E-state index in [1.54, 1.807) is 32.6 Å². The fourth-order valence-corrected chi connectivity index (χ4v) is 4.54. The van der Waals surface area contributed by atoms with Gasteiger partial charge in [-0.05, 0) is 47.2 Å². The molecular weight excluding hydrogens is 390 g/mol. The van der Waals surface area contributed by atoms with E-state index < -0.39 is 0 Å². The van der Waals surface area contributed by atoms with E-state index in [1.165, 1.54) is 16.8 Å². The Morgan fingerprint density at radius 3 is 2.59 bits per heavy atom. The minimum atomic E-state index is -0.259. The molecule has 7 nitrogen and oxygen atoms in total. The summed E-state index contributed by atoms with van der Waals surface area (Å²) in [5, 5.41) is 6.15. The van der Waals surface area contributed by atoms with Crippen LogP contribution in [0.25, 0.3) is 0 Å². The van der Waals surface area contributed by atoms with Gasteiger partial charge in [-0.25, -0.2) is 4.68 Å². The van der Waals surface area contributed by atoms with Crippen LogP contribution in [0.5, 0.6) is 11.5 Å². The first-order valence-electron chi connectivity index (χ1n) is 9.17. The molecule has 0 aliphatic carbocycles. The number of aryl methyl sites for hydroxylation is 1. The number of rotatable bonds is 4. The number of thiophene rings is 1. The summed E-state index contributed by atoms with van der Waals surface area (Å²) in [6.45, 7) is 0.536. The molecule has 8 heteroatoms. The predicted molar refractivity (Wildman–Crippen MR) is 110 cm³/mol. The summed E-state index contributed by atoms with van der Waals surface area (Å²) >= 11 is 1.60. The van der Waals surface area contributed by atoms with E-state index in [1.807, 2.05) is 34.5 Å². The Kier molecular flexibility index (Phi) is 5.10. The van der Waals surface area contributed by atoms with E-state index in [0.717, 1.165) is 16.0 Å². The fraction of sp³-hybridized carbons (Fsp3) is 0.286. The second kappa shape index (κ2) is 7.71. The Labute approximate surface area is 172 Å². The number of carbonyl (C=O) groups excluding carboxylic acids is 1. The van der Waals surface area contributed by atoms with Crippen LogP contribution in [0.2, 0.25) is 0 Å². The third-order valence-corrected chi connectivity index (χ3v) is 6.05. The van der Waals surface area contributed by atoms with Crippen LogP contribution in [0.15, 0.2) is 46.6 Å². The van der Waals surface area contributed by atoms with Gasteiger partial charge in [0.1, 0.15) is 5.69 Å². The first-order valence-corrected chi connectivity index (χ1v) is 10.0. The van der Waals surface area contributed by atoms with Gasteiger partial charge in [-0.15, -0.1) is 11.3 Å². The van der Waals surface area contributed by atoms with Crippen LogP contribution in [0.4, 0.5) is 0 Å². The highest BCUT2D eigenvalue weighted by atomic mass is 32.1. The zero-order chi connectivity index (χ0) is 20.5. The van der Waals surface area contributed by atoms with Crippen molar-refractivity contribution in [3.8, 4) is 11.5 Å². The first kappa shape index (κ1) is 19.2. The van der Waals surface area contributed by atoms with Crippen LogP contribution in [0, 0.1) is 0 Å². The van der Waals surface area contributed by atoms with Crippen molar-refractivity contribution in [3.05, 3.63) is 73.8 Å². The number of nitrogens with zero attached hydrogens (tertiary/aromatic N) is 3. The largest absolute Gasteiger partial charge is 0.493 e. The lowest BCUT2D eigenvalue weighted by Gasteiger charge is -2.37. The molecule has 0 saturated heterocycles. The molecule has 0 saturated carbocycles. The molecule has 1 aromatic carbocycles. The third kappa shape index (κ3) is 3.40. The molecule has 0 radical (unpaired) electrons. The summed E-state index contributed by atoms with van der Waals surface area (Å²) in [7, 11) is 4.76. The second-order valence-corrected chi connectivity index (χ2v) is 7.73. The summed E-state index contributed by atoms with van der Waals surface area (Å²) in [5.41, 5.74) is 2.13. The molecule has 1 unspecified atom stereocenters. The van der Waals surface area contributed by atoms with Gasteiger partial charge in [-0.1, -0.05) is 6.07 Å². The van der Waals surface area contributed by atoms with Crippen LogP contribution in [-0.2, 0) is 13.5 Å². The van der Waals surface area contributed by atoms with Crippen LogP contribution < -0.4 is 15.0 Å². The van der Waals surface area contributed by atoms with E-state index in [0.29, 0.717) is 24.5 Å². The maximum Gasteiger partial charge on any atom is 0.275 e. The molecule has 0 fully saturated rings. The molecule has 0 bridgehead atoms. The lowest BCUT2D eigenvalue weighted by molar-refractivity contribution is 0.0688. The van der Waals surface area contributed by atoms with Crippen molar-refractivity contribution < 1.29 is 14.3 Å². The number of hydrogen-bond donors (Lipinski definition) is 0. The molecule has 3 aromatic rings. The molecule has 1 amide bonds. The van der Waals surface area contributed by atoms with Crippen molar-refractivity contribution in [2.24, 2.45) is 7.05 Å². The SMILES string of the molecule is COc1cc2c(cc1OC)C(c1cccs1)N(C(=O)c1ccc(=O)n(C)n1)CC2. The van der Waals surface area contributed by atoms with Gasteiger partial charge in [0.05, 0.1) is 20.3 Å². The highest BCUT2D eigenvalue weighted by Gasteiger charge is 2.35. The number of carbonyl (C=O) groups is 1. The molecule has 2 aromatic heterocycles. The number of benzene rings is 1. The van der Waals surface area contributed by atoms with E-state index in [2.05, 4.69) is 5.10 Å². The summed E-state index contributed by atoms with van der Waals surface area (Å²) in [6, 6.07) is 10.5. The van der Waals surface area contributed by atoms with Crippen LogP contribution in [-0.4, -0.2) is 41.4 Å². The number of aromatic nitrogens is 2. The molecule has 29 heavy (non-hydrogen) atoms. The highest BCUT2D eigenvalue weighted by molar-refractivity contribution is 7.10. The van der Waals surface area contributed by atoms with Crippen LogP contribution in [0.3, 0.4) is 0 Å². The number of ether oxygens (including phenoxy) is 2. The average molecular weight is 411 g/mol. The highest BCUT2D eigenvalue weighted by Crippen LogP contribution is 2.42. The Morgan fingerprint density at radius 1 is 1.17 bits per heavy atom. The van der Waals surface area contributed by atoms with Crippen molar-refractivity contribution >= 4 is 17.2 Å². The lowest BCUT2D eigenvalue weighted by Crippen LogP contribution is -2.41. The Bertz CT molecular complexity index is 1110. The maximum absolute atomic E-state index is 13.4. The van der Waals surface area contributed by atoms with E-state index in [9.17, 15) is 9.59 Å².